The van der Waals surface area contributed by atoms with Gasteiger partial charge in [-0.05, 0) is 109 Å². The van der Waals surface area contributed by atoms with Crippen molar-refractivity contribution in [2.75, 3.05) is 13.7 Å². The SMILES string of the molecule is COCC12CCC(C)(C)CC1C1=CCC3C4(C)CCCC(C)(C)C4CCC3(C)[C@]1(C)CC2. The summed E-state index contributed by atoms with van der Waals surface area (Å²) in [5, 5.41) is 0. The maximum atomic E-state index is 5.94. The van der Waals surface area contributed by atoms with Crippen LogP contribution < -0.4 is 0 Å². The van der Waals surface area contributed by atoms with Crippen molar-refractivity contribution in [2.45, 2.75) is 119 Å². The number of hydrogen-bond donors (Lipinski definition) is 0. The van der Waals surface area contributed by atoms with Crippen molar-refractivity contribution in [3.63, 3.8) is 0 Å². The van der Waals surface area contributed by atoms with Crippen LogP contribution in [0.15, 0.2) is 11.6 Å². The minimum atomic E-state index is 0.376. The number of hydrogen-bond acceptors (Lipinski definition) is 1. The van der Waals surface area contributed by atoms with Gasteiger partial charge in [0, 0.05) is 12.5 Å². The van der Waals surface area contributed by atoms with Crippen LogP contribution in [0.5, 0.6) is 0 Å². The fourth-order valence-corrected chi connectivity index (χ4v) is 11.0. The van der Waals surface area contributed by atoms with Crippen LogP contribution in [0.3, 0.4) is 0 Å². The van der Waals surface area contributed by atoms with E-state index in [1.54, 1.807) is 0 Å². The van der Waals surface area contributed by atoms with E-state index in [2.05, 4.69) is 54.5 Å². The molecule has 4 fully saturated rings. The number of ether oxygens (including phenoxy) is 1. The molecule has 1 heteroatoms. The largest absolute Gasteiger partial charge is 0.384 e. The van der Waals surface area contributed by atoms with Crippen LogP contribution in [0.1, 0.15) is 119 Å². The average molecular weight is 441 g/mol. The van der Waals surface area contributed by atoms with E-state index in [1.165, 1.54) is 70.6 Å². The summed E-state index contributed by atoms with van der Waals surface area (Å²) in [6, 6.07) is 0. The molecule has 0 heterocycles. The first-order chi connectivity index (χ1) is 14.8. The zero-order chi connectivity index (χ0) is 23.2. The summed E-state index contributed by atoms with van der Waals surface area (Å²) in [6.07, 6.45) is 18.3. The van der Waals surface area contributed by atoms with Crippen LogP contribution in [0.4, 0.5) is 0 Å². The van der Waals surface area contributed by atoms with Gasteiger partial charge >= 0.3 is 0 Å². The molecule has 182 valence electrons. The van der Waals surface area contributed by atoms with Gasteiger partial charge in [0.2, 0.25) is 0 Å². The van der Waals surface area contributed by atoms with E-state index < -0.39 is 0 Å². The third-order valence-electron chi connectivity index (χ3n) is 13.0. The fraction of sp³-hybridized carbons (Fsp3) is 0.935. The number of methoxy groups -OCH3 is 1. The quantitative estimate of drug-likeness (QED) is 0.390. The van der Waals surface area contributed by atoms with E-state index in [1.807, 2.05) is 12.7 Å². The first-order valence-corrected chi connectivity index (χ1v) is 14.0. The van der Waals surface area contributed by atoms with E-state index >= 15 is 0 Å². The molecule has 5 aliphatic carbocycles. The van der Waals surface area contributed by atoms with Crippen molar-refractivity contribution in [1.29, 1.82) is 0 Å². The highest BCUT2D eigenvalue weighted by molar-refractivity contribution is 5.33. The minimum Gasteiger partial charge on any atom is -0.384 e. The molecule has 0 amide bonds. The smallest absolute Gasteiger partial charge is 0.0524 e. The topological polar surface area (TPSA) is 9.23 Å². The molecule has 1 nitrogen and oxygen atoms in total. The zero-order valence-corrected chi connectivity index (χ0v) is 22.7. The number of fused-ring (bicyclic) bond motifs is 7. The zero-order valence-electron chi connectivity index (χ0n) is 22.7. The Hall–Kier alpha value is -0.300. The third kappa shape index (κ3) is 2.97. The maximum Gasteiger partial charge on any atom is 0.0524 e. The normalized spacial score (nSPS) is 51.5. The summed E-state index contributed by atoms with van der Waals surface area (Å²) in [7, 11) is 1.94. The lowest BCUT2D eigenvalue weighted by atomic mass is 9.34. The molecule has 0 spiro atoms. The van der Waals surface area contributed by atoms with E-state index in [0.29, 0.717) is 32.5 Å². The molecule has 32 heavy (non-hydrogen) atoms. The van der Waals surface area contributed by atoms with Crippen molar-refractivity contribution < 1.29 is 4.74 Å². The van der Waals surface area contributed by atoms with Crippen LogP contribution in [0, 0.1) is 50.2 Å². The Morgan fingerprint density at radius 3 is 2.28 bits per heavy atom. The van der Waals surface area contributed by atoms with Gasteiger partial charge in [0.05, 0.1) is 6.61 Å². The molecular formula is C31H52O. The van der Waals surface area contributed by atoms with Gasteiger partial charge < -0.3 is 4.74 Å². The van der Waals surface area contributed by atoms with E-state index in [4.69, 9.17) is 4.74 Å². The van der Waals surface area contributed by atoms with Crippen LogP contribution >= 0.6 is 0 Å². The molecule has 6 unspecified atom stereocenters. The summed E-state index contributed by atoms with van der Waals surface area (Å²) in [5.74, 6) is 2.50. The van der Waals surface area contributed by atoms with Gasteiger partial charge in [-0.3, -0.25) is 0 Å². The third-order valence-corrected chi connectivity index (χ3v) is 13.0. The molecule has 5 aliphatic rings. The highest BCUT2D eigenvalue weighted by Gasteiger charge is 2.67. The van der Waals surface area contributed by atoms with Crippen LogP contribution in [-0.2, 0) is 4.74 Å². The second kappa shape index (κ2) is 7.11. The van der Waals surface area contributed by atoms with Crippen LogP contribution in [0.2, 0.25) is 0 Å². The van der Waals surface area contributed by atoms with Gasteiger partial charge in [-0.25, -0.2) is 0 Å². The Labute approximate surface area is 199 Å². The van der Waals surface area contributed by atoms with Crippen LogP contribution in [-0.4, -0.2) is 13.7 Å². The van der Waals surface area contributed by atoms with Crippen molar-refractivity contribution in [1.82, 2.24) is 0 Å². The molecule has 0 aromatic carbocycles. The predicted octanol–water partition coefficient (Wildman–Crippen LogP) is 8.82. The second-order valence-electron chi connectivity index (χ2n) is 15.4. The Balaban J connectivity index is 1.58. The molecule has 0 saturated heterocycles. The summed E-state index contributed by atoms with van der Waals surface area (Å²) in [6.45, 7) is 19.4. The summed E-state index contributed by atoms with van der Waals surface area (Å²) in [5.41, 5.74) is 4.61. The fourth-order valence-electron chi connectivity index (χ4n) is 11.0. The monoisotopic (exact) mass is 440 g/mol. The van der Waals surface area contributed by atoms with Gasteiger partial charge in [-0.15, -0.1) is 0 Å². The molecule has 0 aliphatic heterocycles. The molecule has 0 aromatic rings. The van der Waals surface area contributed by atoms with Crippen molar-refractivity contribution >= 4 is 0 Å². The molecule has 0 N–H and O–H groups in total. The van der Waals surface area contributed by atoms with E-state index in [9.17, 15) is 0 Å². The summed E-state index contributed by atoms with van der Waals surface area (Å²) in [4.78, 5) is 0. The lowest BCUT2D eigenvalue weighted by molar-refractivity contribution is -0.183. The van der Waals surface area contributed by atoms with Gasteiger partial charge in [-0.1, -0.05) is 66.5 Å². The lowest BCUT2D eigenvalue weighted by Crippen LogP contribution is -2.63. The number of rotatable bonds is 2. The van der Waals surface area contributed by atoms with E-state index in [0.717, 1.165) is 24.4 Å². The van der Waals surface area contributed by atoms with Gasteiger partial charge in [-0.2, -0.15) is 0 Å². The Bertz CT molecular complexity index is 790. The molecule has 4 saturated carbocycles. The second-order valence-corrected chi connectivity index (χ2v) is 15.4. The van der Waals surface area contributed by atoms with Crippen molar-refractivity contribution in [2.24, 2.45) is 50.2 Å². The predicted molar refractivity (Wildman–Crippen MR) is 136 cm³/mol. The summed E-state index contributed by atoms with van der Waals surface area (Å²) < 4.78 is 5.94. The first-order valence-electron chi connectivity index (χ1n) is 14.0. The minimum absolute atomic E-state index is 0.376. The lowest BCUT2D eigenvalue weighted by Gasteiger charge is -2.71. The molecule has 0 bridgehead atoms. The Morgan fingerprint density at radius 1 is 0.844 bits per heavy atom. The van der Waals surface area contributed by atoms with Gasteiger partial charge in [0.15, 0.2) is 0 Å². The van der Waals surface area contributed by atoms with Crippen molar-refractivity contribution in [3.05, 3.63) is 11.6 Å². The van der Waals surface area contributed by atoms with E-state index in [-0.39, 0.29) is 0 Å². The van der Waals surface area contributed by atoms with Crippen molar-refractivity contribution in [3.8, 4) is 0 Å². The van der Waals surface area contributed by atoms with Crippen LogP contribution in [0.25, 0.3) is 0 Å². The van der Waals surface area contributed by atoms with Gasteiger partial charge in [0.25, 0.3) is 0 Å². The highest BCUT2D eigenvalue weighted by atomic mass is 16.5. The highest BCUT2D eigenvalue weighted by Crippen LogP contribution is 2.75. The standard InChI is InChI=1S/C31H52O/c1-26(2)16-18-31(21-32-8)19-17-29(6)22(23(31)20-26)10-11-25-28(5)14-9-13-27(3,4)24(28)12-15-30(25,29)7/h10,23-25H,9,11-21H2,1-8H3/t23?,24?,25?,28?,29-,30?,31?/m1/s1. The number of allylic oxidation sites excluding steroid dienone is 2. The summed E-state index contributed by atoms with van der Waals surface area (Å²) >= 11 is 0. The Morgan fingerprint density at radius 2 is 1.56 bits per heavy atom. The first kappa shape index (κ1) is 23.4. The Kier molecular flexibility index (Phi) is 5.21. The molecule has 0 aromatic heterocycles. The molecule has 0 radical (unpaired) electrons. The average Bonchev–Trinajstić information content (AvgIpc) is 2.69. The van der Waals surface area contributed by atoms with Gasteiger partial charge in [0.1, 0.15) is 0 Å². The molecule has 7 atom stereocenters. The molecular weight excluding hydrogens is 388 g/mol. The maximum absolute atomic E-state index is 5.94. The molecule has 5 rings (SSSR count).